The van der Waals surface area contributed by atoms with Gasteiger partial charge in [-0.2, -0.15) is 0 Å². The number of esters is 2. The van der Waals surface area contributed by atoms with Crippen LogP contribution in [0, 0.1) is 32.1 Å². The Morgan fingerprint density at radius 2 is 1.03 bits per heavy atom. The van der Waals surface area contributed by atoms with Crippen molar-refractivity contribution < 1.29 is 28.9 Å². The first-order valence-corrected chi connectivity index (χ1v) is 8.59. The van der Waals surface area contributed by atoms with Crippen molar-refractivity contribution >= 4 is 23.3 Å². The van der Waals surface area contributed by atoms with E-state index in [0.717, 1.165) is 0 Å². The van der Waals surface area contributed by atoms with Gasteiger partial charge in [-0.3, -0.25) is 20.2 Å². The first-order chi connectivity index (χ1) is 14.2. The second-order valence-corrected chi connectivity index (χ2v) is 5.99. The van der Waals surface area contributed by atoms with E-state index in [-0.39, 0.29) is 22.5 Å². The highest BCUT2D eigenvalue weighted by Gasteiger charge is 2.14. The maximum atomic E-state index is 12.0. The summed E-state index contributed by atoms with van der Waals surface area (Å²) in [6, 6.07) is 9.84. The summed E-state index contributed by atoms with van der Waals surface area (Å²) in [7, 11) is 0. The van der Waals surface area contributed by atoms with Gasteiger partial charge in [-0.25, -0.2) is 9.59 Å². The number of hydrogen-bond acceptors (Lipinski definition) is 8. The predicted molar refractivity (Wildman–Crippen MR) is 104 cm³/mol. The largest absolute Gasteiger partial charge is 0.446 e. The Balaban J connectivity index is 1.90. The van der Waals surface area contributed by atoms with Gasteiger partial charge >= 0.3 is 11.9 Å². The van der Waals surface area contributed by atoms with Gasteiger partial charge < -0.3 is 9.47 Å². The molecule has 0 saturated carbocycles. The molecule has 154 valence electrons. The number of ether oxygens (including phenoxy) is 2. The zero-order valence-electron chi connectivity index (χ0n) is 15.9. The number of nitro groups is 2. The molecular weight excluding hydrogens is 396 g/mol. The van der Waals surface area contributed by atoms with Crippen molar-refractivity contribution in [2.24, 2.45) is 0 Å². The molecule has 0 saturated heterocycles. The summed E-state index contributed by atoms with van der Waals surface area (Å²) in [5, 5.41) is 21.3. The lowest BCUT2D eigenvalue weighted by atomic mass is 10.2. The molecule has 0 bridgehead atoms. The molecule has 0 aromatic heterocycles. The van der Waals surface area contributed by atoms with E-state index in [4.69, 9.17) is 9.47 Å². The molecule has 0 unspecified atom stereocenters. The van der Waals surface area contributed by atoms with E-state index in [1.165, 1.54) is 62.4 Å². The minimum Gasteiger partial charge on any atom is -0.446 e. The zero-order valence-corrected chi connectivity index (χ0v) is 15.9. The van der Waals surface area contributed by atoms with Gasteiger partial charge in [-0.15, -0.1) is 0 Å². The molecule has 0 aliphatic heterocycles. The van der Waals surface area contributed by atoms with E-state index in [1.54, 1.807) is 0 Å². The molecule has 0 fully saturated rings. The predicted octanol–water partition coefficient (Wildman–Crippen LogP) is 3.30. The standard InChI is InChI=1S/C20H16N2O8/c1-13(29-19(23)15-5-9-17(10-6-15)21(25)26)3-4-14(2)30-20(24)16-7-11-18(12-8-16)22(27)28/h5-14H,1-2H3/t13-,14-/m0/s1. The highest BCUT2D eigenvalue weighted by Crippen LogP contribution is 2.14. The SMILES string of the molecule is C[C@@H](C#C[C@H](C)OC(=O)c1ccc([N+](=O)[O-])cc1)OC(=O)c1ccc([N+](=O)[O-])cc1. The van der Waals surface area contributed by atoms with Crippen molar-refractivity contribution in [1.29, 1.82) is 0 Å². The summed E-state index contributed by atoms with van der Waals surface area (Å²) < 4.78 is 10.3. The van der Waals surface area contributed by atoms with Gasteiger partial charge in [0.1, 0.15) is 0 Å². The van der Waals surface area contributed by atoms with Crippen molar-refractivity contribution in [3.8, 4) is 11.8 Å². The molecule has 0 radical (unpaired) electrons. The van der Waals surface area contributed by atoms with Crippen LogP contribution in [-0.2, 0) is 9.47 Å². The summed E-state index contributed by atoms with van der Waals surface area (Å²) in [5.74, 6) is 3.84. The monoisotopic (exact) mass is 412 g/mol. The smallest absolute Gasteiger partial charge is 0.339 e. The molecule has 0 heterocycles. The van der Waals surface area contributed by atoms with E-state index < -0.39 is 34.0 Å². The molecule has 2 rings (SSSR count). The average Bonchev–Trinajstić information content (AvgIpc) is 2.72. The second kappa shape index (κ2) is 9.79. The van der Waals surface area contributed by atoms with Crippen LogP contribution < -0.4 is 0 Å². The van der Waals surface area contributed by atoms with Crippen molar-refractivity contribution in [1.82, 2.24) is 0 Å². The fourth-order valence-electron chi connectivity index (χ4n) is 2.19. The van der Waals surface area contributed by atoms with E-state index in [0.29, 0.717) is 0 Å². The number of rotatable bonds is 6. The van der Waals surface area contributed by atoms with Crippen LogP contribution in [0.3, 0.4) is 0 Å². The number of non-ortho nitro benzene ring substituents is 2. The number of benzene rings is 2. The van der Waals surface area contributed by atoms with Crippen LogP contribution in [0.2, 0.25) is 0 Å². The van der Waals surface area contributed by atoms with Crippen molar-refractivity contribution in [3.05, 3.63) is 79.9 Å². The number of nitro benzene ring substituents is 2. The van der Waals surface area contributed by atoms with Crippen LogP contribution in [0.1, 0.15) is 34.6 Å². The quantitative estimate of drug-likeness (QED) is 0.305. The molecule has 0 spiro atoms. The summed E-state index contributed by atoms with van der Waals surface area (Å²) in [6.45, 7) is 3.03. The average molecular weight is 412 g/mol. The van der Waals surface area contributed by atoms with Crippen molar-refractivity contribution in [3.63, 3.8) is 0 Å². The highest BCUT2D eigenvalue weighted by atomic mass is 16.6. The van der Waals surface area contributed by atoms with Gasteiger partial charge in [0, 0.05) is 24.3 Å². The fourth-order valence-corrected chi connectivity index (χ4v) is 2.19. The third-order valence-electron chi connectivity index (χ3n) is 3.69. The van der Waals surface area contributed by atoms with Crippen LogP contribution in [0.5, 0.6) is 0 Å². The minimum absolute atomic E-state index is 0.131. The maximum absolute atomic E-state index is 12.0. The summed E-state index contributed by atoms with van der Waals surface area (Å²) in [4.78, 5) is 44.1. The highest BCUT2D eigenvalue weighted by molar-refractivity contribution is 5.90. The van der Waals surface area contributed by atoms with E-state index in [1.807, 2.05) is 0 Å². The van der Waals surface area contributed by atoms with Gasteiger partial charge in [0.25, 0.3) is 11.4 Å². The lowest BCUT2D eigenvalue weighted by Crippen LogP contribution is -2.16. The summed E-state index contributed by atoms with van der Waals surface area (Å²) in [5.41, 5.74) is -0.0371. The molecule has 30 heavy (non-hydrogen) atoms. The maximum Gasteiger partial charge on any atom is 0.339 e. The van der Waals surface area contributed by atoms with Gasteiger partial charge in [-0.05, 0) is 38.1 Å². The van der Waals surface area contributed by atoms with Crippen molar-refractivity contribution in [2.75, 3.05) is 0 Å². The first kappa shape index (κ1) is 22.0. The summed E-state index contributed by atoms with van der Waals surface area (Å²) >= 11 is 0. The lowest BCUT2D eigenvalue weighted by Gasteiger charge is -2.09. The fraction of sp³-hybridized carbons (Fsp3) is 0.200. The molecule has 0 aliphatic carbocycles. The molecule has 2 aromatic carbocycles. The molecule has 2 atom stereocenters. The third kappa shape index (κ3) is 6.13. The van der Waals surface area contributed by atoms with Crippen LogP contribution >= 0.6 is 0 Å². The Hall–Kier alpha value is -4.26. The minimum atomic E-state index is -0.826. The van der Waals surface area contributed by atoms with Crippen molar-refractivity contribution in [2.45, 2.75) is 26.1 Å². The lowest BCUT2D eigenvalue weighted by molar-refractivity contribution is -0.385. The molecule has 0 aliphatic rings. The van der Waals surface area contributed by atoms with Crippen LogP contribution in [0.15, 0.2) is 48.5 Å². The first-order valence-electron chi connectivity index (χ1n) is 8.59. The number of hydrogen-bond donors (Lipinski definition) is 0. The van der Waals surface area contributed by atoms with Gasteiger partial charge in [0.05, 0.1) is 21.0 Å². The molecule has 0 amide bonds. The van der Waals surface area contributed by atoms with E-state index in [2.05, 4.69) is 11.8 Å². The van der Waals surface area contributed by atoms with Gasteiger partial charge in [0.2, 0.25) is 0 Å². The number of nitrogens with zero attached hydrogens (tertiary/aromatic N) is 2. The topological polar surface area (TPSA) is 139 Å². The number of carbonyl (C=O) groups is 2. The molecular formula is C20H16N2O8. The van der Waals surface area contributed by atoms with Crippen LogP contribution in [-0.4, -0.2) is 34.0 Å². The Morgan fingerprint density at radius 1 is 0.733 bits per heavy atom. The Morgan fingerprint density at radius 3 is 1.30 bits per heavy atom. The number of carbonyl (C=O) groups excluding carboxylic acids is 2. The molecule has 0 N–H and O–H groups in total. The normalized spacial score (nSPS) is 11.9. The van der Waals surface area contributed by atoms with Gasteiger partial charge in [-0.1, -0.05) is 11.8 Å². The summed E-state index contributed by atoms with van der Waals surface area (Å²) in [6.07, 6.45) is -1.65. The van der Waals surface area contributed by atoms with E-state index >= 15 is 0 Å². The third-order valence-corrected chi connectivity index (χ3v) is 3.69. The molecule has 10 heteroatoms. The Labute approximate surface area is 170 Å². The van der Waals surface area contributed by atoms with Crippen LogP contribution in [0.4, 0.5) is 11.4 Å². The zero-order chi connectivity index (χ0) is 22.3. The molecule has 10 nitrogen and oxygen atoms in total. The Bertz CT molecular complexity index is 938. The van der Waals surface area contributed by atoms with E-state index in [9.17, 15) is 29.8 Å². The molecule has 2 aromatic rings. The van der Waals surface area contributed by atoms with Gasteiger partial charge in [0.15, 0.2) is 12.2 Å². The Kier molecular flexibility index (Phi) is 7.19. The second-order valence-electron chi connectivity index (χ2n) is 5.99. The van der Waals surface area contributed by atoms with Crippen LogP contribution in [0.25, 0.3) is 0 Å².